The molecule has 4 rings (SSSR count). The number of fused-ring (bicyclic) bond motifs is 4. The van der Waals surface area contributed by atoms with Gasteiger partial charge in [-0.2, -0.15) is 0 Å². The zero-order chi connectivity index (χ0) is 24.6. The smallest absolute Gasteiger partial charge is 0.305 e. The Morgan fingerprint density at radius 3 is 1.26 bits per heavy atom. The molecule has 0 spiro atoms. The van der Waals surface area contributed by atoms with Gasteiger partial charge in [0.2, 0.25) is 0 Å². The fraction of sp³-hybridized carbons (Fsp3) is 0.926. The van der Waals surface area contributed by atoms with Gasteiger partial charge in [-0.05, 0) is 52.6 Å². The lowest BCUT2D eigenvalue weighted by Gasteiger charge is -2.49. The van der Waals surface area contributed by atoms with Crippen LogP contribution >= 0.6 is 49.6 Å². The highest BCUT2D eigenvalue weighted by molar-refractivity contribution is 5.86. The number of likely N-dealkylation sites (tertiary alicyclic amines) is 2. The molecule has 4 unspecified atom stereocenters. The number of nitrogens with zero attached hydrogens (tertiary/aromatic N) is 4. The van der Waals surface area contributed by atoms with Crippen LogP contribution in [-0.2, 0) is 19.1 Å². The number of rotatable bonds is 12. The number of hydrogen-bond acceptors (Lipinski definition) is 8. The number of carbonyl (C=O) groups is 2. The third-order valence-electron chi connectivity index (χ3n) is 8.60. The largest absolute Gasteiger partial charge is 0.464 e. The van der Waals surface area contributed by atoms with Crippen LogP contribution in [0.3, 0.4) is 0 Å². The predicted molar refractivity (Wildman–Crippen MR) is 165 cm³/mol. The molecule has 232 valence electrons. The van der Waals surface area contributed by atoms with Crippen molar-refractivity contribution in [3.63, 3.8) is 0 Å². The Hall–Kier alpha value is -0.0600. The van der Waals surface area contributed by atoms with E-state index < -0.39 is 0 Å². The fourth-order valence-electron chi connectivity index (χ4n) is 6.93. The summed E-state index contributed by atoms with van der Waals surface area (Å²) in [4.78, 5) is 34.3. The topological polar surface area (TPSA) is 65.6 Å². The molecular weight excluding hydrogens is 586 g/mol. The summed E-state index contributed by atoms with van der Waals surface area (Å²) in [6.45, 7) is 7.22. The van der Waals surface area contributed by atoms with Crippen LogP contribution in [0.25, 0.3) is 0 Å². The van der Waals surface area contributed by atoms with E-state index in [2.05, 4.69) is 33.7 Å². The second-order valence-corrected chi connectivity index (χ2v) is 11.4. The molecule has 0 saturated carbocycles. The van der Waals surface area contributed by atoms with Gasteiger partial charge in [-0.25, -0.2) is 0 Å². The number of unbranched alkanes of at least 4 members (excludes halogenated alkanes) is 2. The summed E-state index contributed by atoms with van der Waals surface area (Å²) in [6.07, 6.45) is 11.0. The first-order chi connectivity index (χ1) is 17.0. The van der Waals surface area contributed by atoms with Gasteiger partial charge in [0.25, 0.3) is 0 Å². The average molecular weight is 639 g/mol. The van der Waals surface area contributed by atoms with Crippen molar-refractivity contribution in [3.8, 4) is 0 Å². The van der Waals surface area contributed by atoms with Gasteiger partial charge in [-0.3, -0.25) is 19.4 Å². The first kappa shape index (κ1) is 38.9. The molecule has 4 heterocycles. The van der Waals surface area contributed by atoms with Crippen LogP contribution in [0.15, 0.2) is 0 Å². The number of ether oxygens (including phenoxy) is 2. The van der Waals surface area contributed by atoms with Crippen LogP contribution in [0.5, 0.6) is 0 Å². The van der Waals surface area contributed by atoms with E-state index in [4.69, 9.17) is 9.47 Å². The monoisotopic (exact) mass is 636 g/mol. The minimum atomic E-state index is -0.107. The summed E-state index contributed by atoms with van der Waals surface area (Å²) in [7, 11) is 4.42. The number of hydrogen-bond donors (Lipinski definition) is 0. The third-order valence-corrected chi connectivity index (χ3v) is 8.60. The first-order valence-corrected chi connectivity index (χ1v) is 14.2. The van der Waals surface area contributed by atoms with Crippen molar-refractivity contribution in [2.24, 2.45) is 0 Å². The van der Waals surface area contributed by atoms with Gasteiger partial charge in [-0.1, -0.05) is 19.3 Å². The molecule has 4 aliphatic heterocycles. The molecule has 4 aliphatic rings. The Bertz CT molecular complexity index is 627. The molecule has 0 amide bonds. The van der Waals surface area contributed by atoms with E-state index in [9.17, 15) is 9.59 Å². The molecule has 8 nitrogen and oxygen atoms in total. The lowest BCUT2D eigenvalue weighted by Crippen LogP contribution is -2.60. The quantitative estimate of drug-likeness (QED) is 0.235. The molecule has 4 fully saturated rings. The Labute approximate surface area is 260 Å². The Balaban J connectivity index is 0.00000361. The molecule has 0 aromatic heterocycles. The summed E-state index contributed by atoms with van der Waals surface area (Å²) < 4.78 is 11.0. The summed E-state index contributed by atoms with van der Waals surface area (Å²) in [6, 6.07) is 2.47. The molecule has 0 aliphatic carbocycles. The number of piperazine rings is 2. The second-order valence-electron chi connectivity index (χ2n) is 11.4. The number of piperidine rings is 2. The minimum Gasteiger partial charge on any atom is -0.464 e. The van der Waals surface area contributed by atoms with Crippen molar-refractivity contribution in [1.82, 2.24) is 19.6 Å². The molecule has 4 saturated heterocycles. The normalized spacial score (nSPS) is 27.1. The van der Waals surface area contributed by atoms with E-state index in [-0.39, 0.29) is 61.6 Å². The SMILES string of the molecule is CN1CC2CCCC(C1)N2CCOC(=O)CCCCCC(=O)OCCN1C2CCCC1CN(C)C2.Cl.Cl.Cl.Cl. The van der Waals surface area contributed by atoms with Gasteiger partial charge in [0.1, 0.15) is 13.2 Å². The average Bonchev–Trinajstić information content (AvgIpc) is 2.79. The van der Waals surface area contributed by atoms with Crippen LogP contribution in [0.4, 0.5) is 0 Å². The Morgan fingerprint density at radius 1 is 0.590 bits per heavy atom. The van der Waals surface area contributed by atoms with E-state index in [1.165, 1.54) is 38.5 Å². The number of halogens is 4. The summed E-state index contributed by atoms with van der Waals surface area (Å²) in [5.41, 5.74) is 0. The molecule has 0 N–H and O–H groups in total. The standard InChI is InChI=1S/C27H48N4O4.4ClH/c1-28-18-22-8-6-9-23(19-28)30(22)14-16-34-26(32)12-4-3-5-13-27(33)35-17-15-31-24-10-7-11-25(31)21-29(2)20-24;;;;/h22-25H,3-21H2,1-2H3;4*1H. The Morgan fingerprint density at radius 2 is 0.923 bits per heavy atom. The molecule has 12 heteroatoms. The number of esters is 2. The maximum atomic E-state index is 12.1. The van der Waals surface area contributed by atoms with E-state index >= 15 is 0 Å². The molecule has 39 heavy (non-hydrogen) atoms. The predicted octanol–water partition coefficient (Wildman–Crippen LogP) is 4.05. The Kier molecular flexibility index (Phi) is 19.9. The van der Waals surface area contributed by atoms with E-state index in [0.717, 1.165) is 58.5 Å². The van der Waals surface area contributed by atoms with Crippen LogP contribution in [0.2, 0.25) is 0 Å². The van der Waals surface area contributed by atoms with Gasteiger partial charge in [0, 0.05) is 76.3 Å². The lowest BCUT2D eigenvalue weighted by molar-refractivity contribution is -0.145. The fourth-order valence-corrected chi connectivity index (χ4v) is 6.93. The van der Waals surface area contributed by atoms with Crippen LogP contribution in [-0.4, -0.2) is 122 Å². The van der Waals surface area contributed by atoms with E-state index in [0.29, 0.717) is 50.2 Å². The van der Waals surface area contributed by atoms with Crippen LogP contribution in [0, 0.1) is 0 Å². The van der Waals surface area contributed by atoms with Crippen LogP contribution < -0.4 is 0 Å². The van der Waals surface area contributed by atoms with Crippen molar-refractivity contribution in [2.45, 2.75) is 94.8 Å². The second kappa shape index (κ2) is 20.0. The van der Waals surface area contributed by atoms with Gasteiger partial charge in [-0.15, -0.1) is 49.6 Å². The van der Waals surface area contributed by atoms with Gasteiger partial charge in [0.15, 0.2) is 0 Å². The van der Waals surface area contributed by atoms with Gasteiger partial charge in [0.05, 0.1) is 0 Å². The summed E-state index contributed by atoms with van der Waals surface area (Å²) >= 11 is 0. The van der Waals surface area contributed by atoms with E-state index in [1.807, 2.05) is 0 Å². The number of carbonyl (C=O) groups excluding carboxylic acids is 2. The van der Waals surface area contributed by atoms with Crippen LogP contribution in [0.1, 0.15) is 70.6 Å². The van der Waals surface area contributed by atoms with Crippen molar-refractivity contribution < 1.29 is 19.1 Å². The van der Waals surface area contributed by atoms with Crippen molar-refractivity contribution >= 4 is 61.6 Å². The molecule has 0 radical (unpaired) electrons. The molecule has 0 aromatic rings. The third kappa shape index (κ3) is 12.0. The minimum absolute atomic E-state index is 0. The van der Waals surface area contributed by atoms with Crippen molar-refractivity contribution in [2.75, 3.05) is 66.6 Å². The zero-order valence-corrected chi connectivity index (χ0v) is 27.1. The summed E-state index contributed by atoms with van der Waals surface area (Å²) in [5.74, 6) is -0.214. The molecule has 0 aromatic carbocycles. The number of likely N-dealkylation sites (N-methyl/N-ethyl adjacent to an activating group) is 2. The van der Waals surface area contributed by atoms with Gasteiger partial charge >= 0.3 is 11.9 Å². The maximum Gasteiger partial charge on any atom is 0.305 e. The lowest BCUT2D eigenvalue weighted by atomic mass is 9.91. The maximum absolute atomic E-state index is 12.1. The van der Waals surface area contributed by atoms with E-state index in [1.54, 1.807) is 0 Å². The highest BCUT2D eigenvalue weighted by Crippen LogP contribution is 2.28. The zero-order valence-electron chi connectivity index (χ0n) is 23.8. The molecular formula is C27H52Cl4N4O4. The first-order valence-electron chi connectivity index (χ1n) is 14.2. The molecule has 4 bridgehead atoms. The summed E-state index contributed by atoms with van der Waals surface area (Å²) in [5, 5.41) is 0. The van der Waals surface area contributed by atoms with Crippen molar-refractivity contribution in [3.05, 3.63) is 0 Å². The van der Waals surface area contributed by atoms with Crippen molar-refractivity contribution in [1.29, 1.82) is 0 Å². The molecule has 4 atom stereocenters. The highest BCUT2D eigenvalue weighted by atomic mass is 35.5. The van der Waals surface area contributed by atoms with Gasteiger partial charge < -0.3 is 19.3 Å². The highest BCUT2D eigenvalue weighted by Gasteiger charge is 2.36.